The van der Waals surface area contributed by atoms with Crippen molar-refractivity contribution in [2.45, 2.75) is 26.0 Å². The Balaban J connectivity index is 2.33. The molecule has 0 bridgehead atoms. The summed E-state index contributed by atoms with van der Waals surface area (Å²) in [4.78, 5) is 24.0. The van der Waals surface area contributed by atoms with Crippen molar-refractivity contribution >= 4 is 11.6 Å². The van der Waals surface area contributed by atoms with E-state index in [1.54, 1.807) is 13.8 Å². The van der Waals surface area contributed by atoms with Crippen LogP contribution in [0.5, 0.6) is 0 Å². The van der Waals surface area contributed by atoms with Gasteiger partial charge in [0.1, 0.15) is 5.82 Å². The van der Waals surface area contributed by atoms with Gasteiger partial charge < -0.3 is 10.0 Å². The van der Waals surface area contributed by atoms with Crippen LogP contribution in [-0.4, -0.2) is 33.0 Å². The zero-order chi connectivity index (χ0) is 18.6. The van der Waals surface area contributed by atoms with Crippen molar-refractivity contribution in [1.29, 1.82) is 0 Å². The standard InChI is InChI=1S/C18H19FN2O4/c1-18(2,23)12-20(11-13-6-4-3-5-7-13)17(22)15-9-8-14(21(24)25)10-16(15)19/h3-10,23H,11-12H2,1-2H3. The van der Waals surface area contributed by atoms with Crippen molar-refractivity contribution in [2.24, 2.45) is 0 Å². The minimum atomic E-state index is -1.18. The zero-order valence-electron chi connectivity index (χ0n) is 14.0. The maximum atomic E-state index is 14.2. The highest BCUT2D eigenvalue weighted by Crippen LogP contribution is 2.20. The molecule has 2 aromatic rings. The first-order valence-corrected chi connectivity index (χ1v) is 7.67. The molecule has 0 saturated heterocycles. The van der Waals surface area contributed by atoms with Gasteiger partial charge in [0.2, 0.25) is 0 Å². The first kappa shape index (κ1) is 18.5. The maximum Gasteiger partial charge on any atom is 0.272 e. The Kier molecular flexibility index (Phi) is 5.48. The highest BCUT2D eigenvalue weighted by atomic mass is 19.1. The molecule has 0 saturated carbocycles. The quantitative estimate of drug-likeness (QED) is 0.643. The minimum absolute atomic E-state index is 0.0167. The van der Waals surface area contributed by atoms with Crippen molar-refractivity contribution in [1.82, 2.24) is 4.90 Å². The van der Waals surface area contributed by atoms with Crippen LogP contribution in [0.2, 0.25) is 0 Å². The van der Waals surface area contributed by atoms with Gasteiger partial charge in [-0.2, -0.15) is 0 Å². The Morgan fingerprint density at radius 2 is 1.88 bits per heavy atom. The van der Waals surface area contributed by atoms with Crippen LogP contribution < -0.4 is 0 Å². The Hall–Kier alpha value is -2.80. The molecule has 0 unspecified atom stereocenters. The van der Waals surface area contributed by atoms with Crippen LogP contribution in [0, 0.1) is 15.9 Å². The molecular formula is C18H19FN2O4. The summed E-state index contributed by atoms with van der Waals surface area (Å²) in [7, 11) is 0. The fourth-order valence-electron chi connectivity index (χ4n) is 2.43. The SMILES string of the molecule is CC(C)(O)CN(Cc1ccccc1)C(=O)c1ccc([N+](=O)[O-])cc1F. The average molecular weight is 346 g/mol. The summed E-state index contributed by atoms with van der Waals surface area (Å²) in [6.07, 6.45) is 0. The van der Waals surface area contributed by atoms with Crippen molar-refractivity contribution in [3.8, 4) is 0 Å². The summed E-state index contributed by atoms with van der Waals surface area (Å²) in [5.41, 5.74) is -1.05. The number of nitrogens with zero attached hydrogens (tertiary/aromatic N) is 2. The zero-order valence-corrected chi connectivity index (χ0v) is 14.0. The number of hydrogen-bond acceptors (Lipinski definition) is 4. The Labute approximate surface area is 144 Å². The summed E-state index contributed by atoms with van der Waals surface area (Å²) in [5.74, 6) is -1.61. The first-order valence-electron chi connectivity index (χ1n) is 7.67. The van der Waals surface area contributed by atoms with Gasteiger partial charge in [-0.15, -0.1) is 0 Å². The molecule has 0 aliphatic carbocycles. The second-order valence-electron chi connectivity index (χ2n) is 6.38. The number of hydrogen-bond donors (Lipinski definition) is 1. The van der Waals surface area contributed by atoms with E-state index in [2.05, 4.69) is 0 Å². The van der Waals surface area contributed by atoms with E-state index in [1.807, 2.05) is 30.3 Å². The molecule has 7 heteroatoms. The molecule has 1 amide bonds. The number of non-ortho nitro benzene ring substituents is 1. The van der Waals surface area contributed by atoms with Gasteiger partial charge in [-0.05, 0) is 25.5 Å². The van der Waals surface area contributed by atoms with E-state index in [-0.39, 0.29) is 18.7 Å². The molecule has 2 rings (SSSR count). The largest absolute Gasteiger partial charge is 0.389 e. The highest BCUT2D eigenvalue weighted by Gasteiger charge is 2.26. The number of amides is 1. The normalized spacial score (nSPS) is 11.2. The molecule has 132 valence electrons. The van der Waals surface area contributed by atoms with Crippen molar-refractivity contribution in [3.05, 3.63) is 75.6 Å². The predicted octanol–water partition coefficient (Wildman–Crippen LogP) is 3.15. The van der Waals surface area contributed by atoms with E-state index in [0.717, 1.165) is 23.8 Å². The van der Waals surface area contributed by atoms with Gasteiger partial charge in [-0.25, -0.2) is 4.39 Å². The molecule has 6 nitrogen and oxygen atoms in total. The topological polar surface area (TPSA) is 83.7 Å². The summed E-state index contributed by atoms with van der Waals surface area (Å²) < 4.78 is 14.2. The molecule has 0 aromatic heterocycles. The van der Waals surface area contributed by atoms with Gasteiger partial charge in [0, 0.05) is 19.2 Å². The second kappa shape index (κ2) is 7.40. The third-order valence-corrected chi connectivity index (χ3v) is 3.48. The summed E-state index contributed by atoms with van der Waals surface area (Å²) in [6, 6.07) is 12.0. The van der Waals surface area contributed by atoms with Crippen molar-refractivity contribution in [2.75, 3.05) is 6.54 Å². The number of benzene rings is 2. The molecule has 0 spiro atoms. The predicted molar refractivity (Wildman–Crippen MR) is 90.5 cm³/mol. The van der Waals surface area contributed by atoms with E-state index >= 15 is 0 Å². The number of carbonyl (C=O) groups is 1. The lowest BCUT2D eigenvalue weighted by Crippen LogP contribution is -2.42. The Morgan fingerprint density at radius 1 is 1.24 bits per heavy atom. The number of halogens is 1. The third-order valence-electron chi connectivity index (χ3n) is 3.48. The van der Waals surface area contributed by atoms with Crippen LogP contribution in [0.4, 0.5) is 10.1 Å². The lowest BCUT2D eigenvalue weighted by Gasteiger charge is -2.29. The highest BCUT2D eigenvalue weighted by molar-refractivity contribution is 5.94. The van der Waals surface area contributed by atoms with Gasteiger partial charge >= 0.3 is 0 Å². The van der Waals surface area contributed by atoms with Gasteiger partial charge in [0.25, 0.3) is 11.6 Å². The average Bonchev–Trinajstić information content (AvgIpc) is 2.53. The molecule has 0 aliphatic rings. The van der Waals surface area contributed by atoms with Gasteiger partial charge in [0.05, 0.1) is 22.2 Å². The molecule has 1 N–H and O–H groups in total. The fraction of sp³-hybridized carbons (Fsp3) is 0.278. The Morgan fingerprint density at radius 3 is 2.40 bits per heavy atom. The van der Waals surface area contributed by atoms with Gasteiger partial charge in [-0.1, -0.05) is 30.3 Å². The lowest BCUT2D eigenvalue weighted by atomic mass is 10.1. The number of nitro groups is 1. The molecular weight excluding hydrogens is 327 g/mol. The molecule has 2 aromatic carbocycles. The van der Waals surface area contributed by atoms with Crippen molar-refractivity contribution in [3.63, 3.8) is 0 Å². The van der Waals surface area contributed by atoms with Crippen LogP contribution >= 0.6 is 0 Å². The maximum absolute atomic E-state index is 14.2. The third kappa shape index (κ3) is 5.09. The fourth-order valence-corrected chi connectivity index (χ4v) is 2.43. The monoisotopic (exact) mass is 346 g/mol. The van der Waals surface area contributed by atoms with E-state index in [1.165, 1.54) is 4.90 Å². The van der Waals surface area contributed by atoms with Crippen LogP contribution in [0.25, 0.3) is 0 Å². The smallest absolute Gasteiger partial charge is 0.272 e. The minimum Gasteiger partial charge on any atom is -0.389 e. The van der Waals surface area contributed by atoms with Crippen LogP contribution in [0.3, 0.4) is 0 Å². The van der Waals surface area contributed by atoms with E-state index < -0.39 is 27.9 Å². The summed E-state index contributed by atoms with van der Waals surface area (Å²) in [6.45, 7) is 3.26. The summed E-state index contributed by atoms with van der Waals surface area (Å²) >= 11 is 0. The Bertz CT molecular complexity index is 772. The van der Waals surface area contributed by atoms with Crippen LogP contribution in [0.15, 0.2) is 48.5 Å². The second-order valence-corrected chi connectivity index (χ2v) is 6.38. The number of rotatable bonds is 6. The van der Waals surface area contributed by atoms with Crippen molar-refractivity contribution < 1.29 is 19.2 Å². The number of aliphatic hydroxyl groups is 1. The first-order chi connectivity index (χ1) is 11.7. The molecule has 0 aliphatic heterocycles. The number of nitro benzene ring substituents is 1. The van der Waals surface area contributed by atoms with E-state index in [0.29, 0.717) is 0 Å². The lowest BCUT2D eigenvalue weighted by molar-refractivity contribution is -0.385. The number of carbonyl (C=O) groups excluding carboxylic acids is 1. The van der Waals surface area contributed by atoms with E-state index in [4.69, 9.17) is 0 Å². The van der Waals surface area contributed by atoms with E-state index in [9.17, 15) is 24.4 Å². The van der Waals surface area contributed by atoms with Gasteiger partial charge in [-0.3, -0.25) is 14.9 Å². The molecule has 0 atom stereocenters. The van der Waals surface area contributed by atoms with Gasteiger partial charge in [0.15, 0.2) is 0 Å². The van der Waals surface area contributed by atoms with Crippen LogP contribution in [-0.2, 0) is 6.54 Å². The van der Waals surface area contributed by atoms with Crippen LogP contribution in [0.1, 0.15) is 29.8 Å². The molecule has 0 fully saturated rings. The molecule has 0 radical (unpaired) electrons. The summed E-state index contributed by atoms with van der Waals surface area (Å²) in [5, 5.41) is 20.8. The molecule has 25 heavy (non-hydrogen) atoms. The molecule has 0 heterocycles.